The molecule has 0 saturated carbocycles. The molecule has 1 aromatic rings. The van der Waals surface area contributed by atoms with Gasteiger partial charge in [-0.05, 0) is 31.0 Å². The second-order valence-electron chi connectivity index (χ2n) is 5.42. The Hall–Kier alpha value is -1.56. The molecule has 0 aliphatic carbocycles. The summed E-state index contributed by atoms with van der Waals surface area (Å²) in [6, 6.07) is 6.69. The van der Waals surface area contributed by atoms with Gasteiger partial charge in [0, 0.05) is 37.7 Å². The third-order valence-corrected chi connectivity index (χ3v) is 3.55. The standard InChI is InChI=1S/C15H19F3N2O/c1-11-10-20(9-8-19-11)14(21)13-4-2-12(3-5-13)6-7-15(16,17)18/h2-5,11,19H,6-10H2,1H3/t11-/m1/s1. The largest absolute Gasteiger partial charge is 0.389 e. The topological polar surface area (TPSA) is 32.3 Å². The first-order chi connectivity index (χ1) is 9.85. The smallest absolute Gasteiger partial charge is 0.336 e. The maximum absolute atomic E-state index is 12.3. The lowest BCUT2D eigenvalue weighted by Gasteiger charge is -2.32. The number of benzene rings is 1. The van der Waals surface area contributed by atoms with Crippen molar-refractivity contribution in [1.82, 2.24) is 10.2 Å². The maximum atomic E-state index is 12.3. The molecule has 1 aliphatic rings. The van der Waals surface area contributed by atoms with Crippen LogP contribution in [0.4, 0.5) is 13.2 Å². The molecule has 0 radical (unpaired) electrons. The number of nitrogens with zero attached hydrogens (tertiary/aromatic N) is 1. The van der Waals surface area contributed by atoms with E-state index in [1.165, 1.54) is 0 Å². The molecular weight excluding hydrogens is 281 g/mol. The molecule has 1 aliphatic heterocycles. The first-order valence-corrected chi connectivity index (χ1v) is 7.03. The van der Waals surface area contributed by atoms with Crippen molar-refractivity contribution in [1.29, 1.82) is 0 Å². The minimum absolute atomic E-state index is 0.0529. The molecular formula is C15H19F3N2O. The summed E-state index contributed by atoms with van der Waals surface area (Å²) in [4.78, 5) is 14.1. The highest BCUT2D eigenvalue weighted by atomic mass is 19.4. The van der Waals surface area contributed by atoms with Crippen LogP contribution < -0.4 is 5.32 Å². The fourth-order valence-corrected chi connectivity index (χ4v) is 2.40. The number of hydrogen-bond acceptors (Lipinski definition) is 2. The van der Waals surface area contributed by atoms with E-state index in [0.717, 1.165) is 6.54 Å². The Balaban J connectivity index is 1.96. The van der Waals surface area contributed by atoms with Crippen molar-refractivity contribution in [3.8, 4) is 0 Å². The number of rotatable bonds is 3. The van der Waals surface area contributed by atoms with Crippen LogP contribution in [0, 0.1) is 0 Å². The summed E-state index contributed by atoms with van der Waals surface area (Å²) in [5, 5.41) is 3.26. The van der Waals surface area contributed by atoms with Crippen LogP contribution in [0.15, 0.2) is 24.3 Å². The van der Waals surface area contributed by atoms with Gasteiger partial charge in [-0.25, -0.2) is 0 Å². The zero-order valence-corrected chi connectivity index (χ0v) is 11.9. The molecule has 0 unspecified atom stereocenters. The minimum Gasteiger partial charge on any atom is -0.336 e. The highest BCUT2D eigenvalue weighted by Gasteiger charge is 2.26. The van der Waals surface area contributed by atoms with Crippen LogP contribution in [0.25, 0.3) is 0 Å². The zero-order valence-electron chi connectivity index (χ0n) is 11.9. The molecule has 0 aromatic heterocycles. The van der Waals surface area contributed by atoms with Gasteiger partial charge in [-0.2, -0.15) is 13.2 Å². The van der Waals surface area contributed by atoms with Crippen LogP contribution in [-0.4, -0.2) is 42.7 Å². The average molecular weight is 300 g/mol. The van der Waals surface area contributed by atoms with Crippen molar-refractivity contribution in [2.45, 2.75) is 32.0 Å². The van der Waals surface area contributed by atoms with E-state index in [9.17, 15) is 18.0 Å². The Morgan fingerprint density at radius 2 is 2.00 bits per heavy atom. The number of alkyl halides is 3. The van der Waals surface area contributed by atoms with Gasteiger partial charge in [0.2, 0.25) is 0 Å². The lowest BCUT2D eigenvalue weighted by Crippen LogP contribution is -2.51. The highest BCUT2D eigenvalue weighted by molar-refractivity contribution is 5.94. The Morgan fingerprint density at radius 1 is 1.33 bits per heavy atom. The number of hydrogen-bond donors (Lipinski definition) is 1. The number of halogens is 3. The maximum Gasteiger partial charge on any atom is 0.389 e. The van der Waals surface area contributed by atoms with E-state index < -0.39 is 12.6 Å². The second kappa shape index (κ2) is 6.47. The number of carbonyl (C=O) groups is 1. The van der Waals surface area contributed by atoms with Crippen molar-refractivity contribution in [3.63, 3.8) is 0 Å². The van der Waals surface area contributed by atoms with Crippen LogP contribution in [0.2, 0.25) is 0 Å². The van der Waals surface area contributed by atoms with Crippen molar-refractivity contribution >= 4 is 5.91 Å². The van der Waals surface area contributed by atoms with E-state index >= 15 is 0 Å². The van der Waals surface area contributed by atoms with Crippen LogP contribution in [0.3, 0.4) is 0 Å². The van der Waals surface area contributed by atoms with Crippen molar-refractivity contribution in [2.75, 3.05) is 19.6 Å². The molecule has 3 nitrogen and oxygen atoms in total. The normalized spacial score (nSPS) is 19.6. The van der Waals surface area contributed by atoms with Gasteiger partial charge in [0.1, 0.15) is 0 Å². The third-order valence-electron chi connectivity index (χ3n) is 3.55. The Bertz CT molecular complexity index is 485. The summed E-state index contributed by atoms with van der Waals surface area (Å²) in [6.45, 7) is 4.07. The predicted molar refractivity (Wildman–Crippen MR) is 74.2 cm³/mol. The number of piperazine rings is 1. The molecule has 1 atom stereocenters. The van der Waals surface area contributed by atoms with Crippen LogP contribution in [0.1, 0.15) is 29.3 Å². The summed E-state index contributed by atoms with van der Waals surface area (Å²) in [6.07, 6.45) is -5.04. The van der Waals surface area contributed by atoms with E-state index in [0.29, 0.717) is 24.2 Å². The zero-order chi connectivity index (χ0) is 15.5. The number of nitrogens with one attached hydrogen (secondary N) is 1. The van der Waals surface area contributed by atoms with E-state index in [1.807, 2.05) is 6.92 Å². The summed E-state index contributed by atoms with van der Waals surface area (Å²) in [5.41, 5.74) is 1.12. The van der Waals surface area contributed by atoms with E-state index in [1.54, 1.807) is 29.2 Å². The second-order valence-corrected chi connectivity index (χ2v) is 5.42. The van der Waals surface area contributed by atoms with Crippen molar-refractivity contribution < 1.29 is 18.0 Å². The van der Waals surface area contributed by atoms with Gasteiger partial charge in [0.05, 0.1) is 0 Å². The first kappa shape index (κ1) is 15.8. The molecule has 116 valence electrons. The first-order valence-electron chi connectivity index (χ1n) is 7.03. The monoisotopic (exact) mass is 300 g/mol. The van der Waals surface area contributed by atoms with Crippen LogP contribution >= 0.6 is 0 Å². The van der Waals surface area contributed by atoms with Gasteiger partial charge >= 0.3 is 6.18 Å². The van der Waals surface area contributed by atoms with Gasteiger partial charge in [0.15, 0.2) is 0 Å². The summed E-state index contributed by atoms with van der Waals surface area (Å²) >= 11 is 0. The van der Waals surface area contributed by atoms with Gasteiger partial charge in [-0.3, -0.25) is 4.79 Å². The average Bonchev–Trinajstić information content (AvgIpc) is 2.44. The van der Waals surface area contributed by atoms with E-state index in [-0.39, 0.29) is 18.4 Å². The lowest BCUT2D eigenvalue weighted by atomic mass is 10.1. The Labute approximate surface area is 122 Å². The van der Waals surface area contributed by atoms with Gasteiger partial charge in [-0.1, -0.05) is 12.1 Å². The molecule has 1 fully saturated rings. The molecule has 1 aromatic carbocycles. The van der Waals surface area contributed by atoms with Gasteiger partial charge < -0.3 is 10.2 Å². The van der Waals surface area contributed by atoms with E-state index in [4.69, 9.17) is 0 Å². The molecule has 0 bridgehead atoms. The predicted octanol–water partition coefficient (Wildman–Crippen LogP) is 2.62. The number of carbonyl (C=O) groups excluding carboxylic acids is 1. The molecule has 1 amide bonds. The third kappa shape index (κ3) is 4.74. The SMILES string of the molecule is C[C@@H]1CN(C(=O)c2ccc(CCC(F)(F)F)cc2)CCN1. The molecule has 21 heavy (non-hydrogen) atoms. The molecule has 0 spiro atoms. The Kier molecular flexibility index (Phi) is 4.88. The van der Waals surface area contributed by atoms with E-state index in [2.05, 4.69) is 5.32 Å². The lowest BCUT2D eigenvalue weighted by molar-refractivity contribution is -0.134. The fourth-order valence-electron chi connectivity index (χ4n) is 2.40. The molecule has 1 heterocycles. The number of aryl methyl sites for hydroxylation is 1. The Morgan fingerprint density at radius 3 is 2.57 bits per heavy atom. The van der Waals surface area contributed by atoms with Crippen LogP contribution in [0.5, 0.6) is 0 Å². The molecule has 1 N–H and O–H groups in total. The summed E-state index contributed by atoms with van der Waals surface area (Å²) in [5.74, 6) is -0.0641. The van der Waals surface area contributed by atoms with Gasteiger partial charge in [0.25, 0.3) is 5.91 Å². The van der Waals surface area contributed by atoms with Crippen molar-refractivity contribution in [2.24, 2.45) is 0 Å². The van der Waals surface area contributed by atoms with Crippen LogP contribution in [-0.2, 0) is 6.42 Å². The molecule has 6 heteroatoms. The summed E-state index contributed by atoms with van der Waals surface area (Å²) in [7, 11) is 0. The molecule has 1 saturated heterocycles. The van der Waals surface area contributed by atoms with Crippen molar-refractivity contribution in [3.05, 3.63) is 35.4 Å². The minimum atomic E-state index is -4.15. The number of amides is 1. The van der Waals surface area contributed by atoms with Gasteiger partial charge in [-0.15, -0.1) is 0 Å². The fraction of sp³-hybridized carbons (Fsp3) is 0.533. The summed E-state index contributed by atoms with van der Waals surface area (Å²) < 4.78 is 36.5. The molecule has 2 rings (SSSR count). The highest BCUT2D eigenvalue weighted by Crippen LogP contribution is 2.22. The quantitative estimate of drug-likeness (QED) is 0.930.